The van der Waals surface area contributed by atoms with Crippen molar-refractivity contribution in [1.29, 1.82) is 0 Å². The van der Waals surface area contributed by atoms with Crippen LogP contribution >= 0.6 is 11.3 Å². The van der Waals surface area contributed by atoms with E-state index in [0.717, 1.165) is 12.1 Å². The number of aromatic nitrogens is 1. The molecule has 4 nitrogen and oxygen atoms in total. The summed E-state index contributed by atoms with van der Waals surface area (Å²) in [6.07, 6.45) is 0. The molecule has 1 aromatic carbocycles. The largest absolute Gasteiger partial charge is 0.304 e. The minimum Gasteiger partial charge on any atom is -0.258 e. The molecule has 0 bridgehead atoms. The van der Waals surface area contributed by atoms with Crippen molar-refractivity contribution in [3.05, 3.63) is 45.0 Å². The van der Waals surface area contributed by atoms with Crippen LogP contribution in [-0.4, -0.2) is 9.91 Å². The molecule has 1 heterocycles. The SMILES string of the molecule is O=[N+]([O-])c1ccc(-c2cscn2)cc1F. The first-order valence-corrected chi connectivity index (χ1v) is 4.95. The molecule has 6 heteroatoms. The lowest BCUT2D eigenvalue weighted by Crippen LogP contribution is -1.92. The van der Waals surface area contributed by atoms with Crippen LogP contribution in [0.1, 0.15) is 0 Å². The highest BCUT2D eigenvalue weighted by molar-refractivity contribution is 7.07. The van der Waals surface area contributed by atoms with E-state index in [0.29, 0.717) is 11.3 Å². The lowest BCUT2D eigenvalue weighted by Gasteiger charge is -1.97. The molecule has 2 aromatic rings. The highest BCUT2D eigenvalue weighted by atomic mass is 32.1. The van der Waals surface area contributed by atoms with E-state index in [1.54, 1.807) is 10.9 Å². The first-order valence-electron chi connectivity index (χ1n) is 4.01. The Morgan fingerprint density at radius 1 is 1.47 bits per heavy atom. The van der Waals surface area contributed by atoms with Crippen molar-refractivity contribution in [2.24, 2.45) is 0 Å². The van der Waals surface area contributed by atoms with E-state index in [9.17, 15) is 14.5 Å². The minimum absolute atomic E-state index is 0.519. The fraction of sp³-hybridized carbons (Fsp3) is 0. The van der Waals surface area contributed by atoms with Gasteiger partial charge in [-0.1, -0.05) is 0 Å². The Morgan fingerprint density at radius 2 is 2.27 bits per heavy atom. The van der Waals surface area contributed by atoms with Crippen LogP contribution in [0.5, 0.6) is 0 Å². The quantitative estimate of drug-likeness (QED) is 0.582. The summed E-state index contributed by atoms with van der Waals surface area (Å²) in [6, 6.07) is 3.74. The zero-order chi connectivity index (χ0) is 10.8. The smallest absolute Gasteiger partial charge is 0.258 e. The normalized spacial score (nSPS) is 10.2. The number of nitrogens with zero attached hydrogens (tertiary/aromatic N) is 2. The van der Waals surface area contributed by atoms with Gasteiger partial charge in [0.1, 0.15) is 0 Å². The van der Waals surface area contributed by atoms with Gasteiger partial charge in [0.05, 0.1) is 16.1 Å². The third kappa shape index (κ3) is 1.84. The number of rotatable bonds is 2. The van der Waals surface area contributed by atoms with Crippen molar-refractivity contribution in [2.45, 2.75) is 0 Å². The maximum Gasteiger partial charge on any atom is 0.304 e. The third-order valence-corrected chi connectivity index (χ3v) is 2.46. The summed E-state index contributed by atoms with van der Waals surface area (Å²) < 4.78 is 13.2. The standard InChI is InChI=1S/C9H5FN2O2S/c10-7-3-6(8-4-15-5-11-8)1-2-9(7)12(13)14/h1-5H. The number of benzene rings is 1. The van der Waals surface area contributed by atoms with Gasteiger partial charge in [-0.15, -0.1) is 11.3 Å². The second-order valence-electron chi connectivity index (χ2n) is 2.80. The number of hydrogen-bond acceptors (Lipinski definition) is 4. The Balaban J connectivity index is 2.47. The van der Waals surface area contributed by atoms with Crippen LogP contribution in [0.4, 0.5) is 10.1 Å². The molecule has 0 amide bonds. The highest BCUT2D eigenvalue weighted by Gasteiger charge is 2.14. The van der Waals surface area contributed by atoms with Crippen LogP contribution in [0.3, 0.4) is 0 Å². The summed E-state index contributed by atoms with van der Waals surface area (Å²) >= 11 is 1.38. The maximum absolute atomic E-state index is 13.2. The van der Waals surface area contributed by atoms with Crippen molar-refractivity contribution in [2.75, 3.05) is 0 Å². The molecule has 0 aliphatic rings. The molecule has 0 spiro atoms. The molecule has 2 rings (SSSR count). The fourth-order valence-corrected chi connectivity index (χ4v) is 1.73. The molecule has 0 saturated heterocycles. The molecule has 0 fully saturated rings. The molecular formula is C9H5FN2O2S. The Bertz CT molecular complexity index is 499. The second-order valence-corrected chi connectivity index (χ2v) is 3.52. The topological polar surface area (TPSA) is 56.0 Å². The van der Waals surface area contributed by atoms with Gasteiger partial charge in [0.15, 0.2) is 0 Å². The Hall–Kier alpha value is -1.82. The zero-order valence-corrected chi connectivity index (χ0v) is 8.20. The monoisotopic (exact) mass is 224 g/mol. The zero-order valence-electron chi connectivity index (χ0n) is 7.38. The van der Waals surface area contributed by atoms with Gasteiger partial charge in [0.2, 0.25) is 5.82 Å². The van der Waals surface area contributed by atoms with E-state index >= 15 is 0 Å². The average Bonchev–Trinajstić information content (AvgIpc) is 2.69. The van der Waals surface area contributed by atoms with Crippen LogP contribution < -0.4 is 0 Å². The van der Waals surface area contributed by atoms with Crippen molar-refractivity contribution in [3.8, 4) is 11.3 Å². The number of hydrogen-bond donors (Lipinski definition) is 0. The minimum atomic E-state index is -0.842. The lowest BCUT2D eigenvalue weighted by molar-refractivity contribution is -0.387. The molecule has 1 aromatic heterocycles. The summed E-state index contributed by atoms with van der Waals surface area (Å²) in [7, 11) is 0. The van der Waals surface area contributed by atoms with Crippen molar-refractivity contribution >= 4 is 17.0 Å². The molecule has 0 atom stereocenters. The van der Waals surface area contributed by atoms with E-state index in [2.05, 4.69) is 4.98 Å². The average molecular weight is 224 g/mol. The maximum atomic E-state index is 13.2. The summed E-state index contributed by atoms with van der Waals surface area (Å²) in [4.78, 5) is 13.6. The van der Waals surface area contributed by atoms with Crippen molar-refractivity contribution in [3.63, 3.8) is 0 Å². The van der Waals surface area contributed by atoms with Crippen LogP contribution in [0.25, 0.3) is 11.3 Å². The number of thiazole rings is 1. The van der Waals surface area contributed by atoms with Crippen LogP contribution in [0, 0.1) is 15.9 Å². The molecule has 0 saturated carbocycles. The van der Waals surface area contributed by atoms with E-state index < -0.39 is 16.4 Å². The predicted octanol–water partition coefficient (Wildman–Crippen LogP) is 2.86. The van der Waals surface area contributed by atoms with E-state index in [1.807, 2.05) is 0 Å². The summed E-state index contributed by atoms with van der Waals surface area (Å²) in [6.45, 7) is 0. The van der Waals surface area contributed by atoms with Crippen molar-refractivity contribution in [1.82, 2.24) is 4.98 Å². The Labute approximate surface area is 88.2 Å². The van der Waals surface area contributed by atoms with Gasteiger partial charge in [-0.05, 0) is 12.1 Å². The van der Waals surface area contributed by atoms with E-state index in [4.69, 9.17) is 0 Å². The number of nitro benzene ring substituents is 1. The highest BCUT2D eigenvalue weighted by Crippen LogP contribution is 2.24. The fourth-order valence-electron chi connectivity index (χ4n) is 1.17. The molecular weight excluding hydrogens is 219 g/mol. The molecule has 0 radical (unpaired) electrons. The van der Waals surface area contributed by atoms with Crippen LogP contribution in [0.15, 0.2) is 29.1 Å². The van der Waals surface area contributed by atoms with Crippen LogP contribution in [0.2, 0.25) is 0 Å². The molecule has 0 N–H and O–H groups in total. The summed E-state index contributed by atoms with van der Waals surface area (Å²) in [5.74, 6) is -0.842. The van der Waals surface area contributed by atoms with E-state index in [1.165, 1.54) is 17.4 Å². The van der Waals surface area contributed by atoms with Crippen molar-refractivity contribution < 1.29 is 9.31 Å². The lowest BCUT2D eigenvalue weighted by atomic mass is 10.1. The molecule has 0 aliphatic heterocycles. The molecule has 0 aliphatic carbocycles. The Morgan fingerprint density at radius 3 is 2.80 bits per heavy atom. The van der Waals surface area contributed by atoms with Gasteiger partial charge in [-0.25, -0.2) is 4.98 Å². The molecule has 15 heavy (non-hydrogen) atoms. The second kappa shape index (κ2) is 3.74. The predicted molar refractivity (Wildman–Crippen MR) is 54.2 cm³/mol. The van der Waals surface area contributed by atoms with Gasteiger partial charge in [-0.2, -0.15) is 4.39 Å². The van der Waals surface area contributed by atoms with Gasteiger partial charge in [0.25, 0.3) is 0 Å². The van der Waals surface area contributed by atoms with Crippen LogP contribution in [-0.2, 0) is 0 Å². The first kappa shape index (κ1) is 9.72. The van der Waals surface area contributed by atoms with Gasteiger partial charge in [0, 0.05) is 17.0 Å². The van der Waals surface area contributed by atoms with Gasteiger partial charge < -0.3 is 0 Å². The summed E-state index contributed by atoms with van der Waals surface area (Å²) in [5, 5.41) is 12.1. The number of halogens is 1. The molecule has 0 unspecified atom stereocenters. The van der Waals surface area contributed by atoms with E-state index in [-0.39, 0.29) is 0 Å². The summed E-state index contributed by atoms with van der Waals surface area (Å²) in [5.41, 5.74) is 2.26. The van der Waals surface area contributed by atoms with Gasteiger partial charge >= 0.3 is 5.69 Å². The first-order chi connectivity index (χ1) is 7.18. The third-order valence-electron chi connectivity index (χ3n) is 1.87. The number of nitro groups is 1. The molecule has 76 valence electrons. The Kier molecular flexibility index (Phi) is 2.42. The van der Waals surface area contributed by atoms with Gasteiger partial charge in [-0.3, -0.25) is 10.1 Å².